The van der Waals surface area contributed by atoms with Gasteiger partial charge in [0, 0.05) is 19.0 Å². The Labute approximate surface area is 206 Å². The van der Waals surface area contributed by atoms with Crippen LogP contribution in [0.3, 0.4) is 0 Å². The third kappa shape index (κ3) is 4.95. The first-order chi connectivity index (χ1) is 17.0. The number of carbonyl (C=O) groups excluding carboxylic acids is 1. The summed E-state index contributed by atoms with van der Waals surface area (Å²) in [6.45, 7) is 1.27. The fourth-order valence-corrected chi connectivity index (χ4v) is 6.40. The number of amides is 1. The van der Waals surface area contributed by atoms with Gasteiger partial charge >= 0.3 is 6.09 Å². The SMILES string of the molecule is O=C(NCCC=Cc1cccc(N2CCCS2(=O)=O)c1)OCC1c2ccccc2-c2ccccc21. The molecular formula is C28H28N2O4S. The summed E-state index contributed by atoms with van der Waals surface area (Å²) in [6.07, 6.45) is 4.76. The zero-order valence-electron chi connectivity index (χ0n) is 19.4. The van der Waals surface area contributed by atoms with E-state index < -0.39 is 16.1 Å². The Morgan fingerprint density at radius 1 is 1.00 bits per heavy atom. The third-order valence-electron chi connectivity index (χ3n) is 6.49. The van der Waals surface area contributed by atoms with Crippen LogP contribution in [-0.2, 0) is 14.8 Å². The fourth-order valence-electron chi connectivity index (χ4n) is 4.84. The molecule has 3 aromatic rings. The van der Waals surface area contributed by atoms with Crippen molar-refractivity contribution in [1.82, 2.24) is 5.32 Å². The first kappa shape index (κ1) is 23.2. The predicted molar refractivity (Wildman–Crippen MR) is 139 cm³/mol. The standard InChI is InChI=1S/C28H28N2O4S/c31-28(34-20-27-25-14-3-1-12-23(25)24-13-2-4-15-26(24)27)29-16-6-5-9-21-10-7-11-22(19-21)30-17-8-18-35(30,32)33/h1-5,7,9-15,19,27H,6,8,16-18,20H2,(H,29,31). The molecule has 0 aromatic heterocycles. The Balaban J connectivity index is 1.11. The van der Waals surface area contributed by atoms with Gasteiger partial charge in [-0.2, -0.15) is 0 Å². The van der Waals surface area contributed by atoms with Crippen LogP contribution in [0.2, 0.25) is 0 Å². The van der Waals surface area contributed by atoms with Crippen LogP contribution in [0.5, 0.6) is 0 Å². The molecular weight excluding hydrogens is 460 g/mol. The average Bonchev–Trinajstić information content (AvgIpc) is 3.39. The summed E-state index contributed by atoms with van der Waals surface area (Å²) in [7, 11) is -3.19. The topological polar surface area (TPSA) is 75.7 Å². The van der Waals surface area contributed by atoms with Gasteiger partial charge < -0.3 is 10.1 Å². The van der Waals surface area contributed by atoms with Gasteiger partial charge in [-0.15, -0.1) is 0 Å². The lowest BCUT2D eigenvalue weighted by atomic mass is 9.98. The lowest BCUT2D eigenvalue weighted by molar-refractivity contribution is 0.143. The molecule has 1 saturated heterocycles. The highest BCUT2D eigenvalue weighted by Gasteiger charge is 2.29. The molecule has 0 saturated carbocycles. The molecule has 0 radical (unpaired) electrons. The Hall–Kier alpha value is -3.58. The summed E-state index contributed by atoms with van der Waals surface area (Å²) in [6, 6.07) is 24.0. The molecule has 0 unspecified atom stereocenters. The number of carbonyl (C=O) groups is 1. The Morgan fingerprint density at radius 3 is 2.40 bits per heavy atom. The van der Waals surface area contributed by atoms with E-state index in [-0.39, 0.29) is 11.7 Å². The first-order valence-corrected chi connectivity index (χ1v) is 13.5. The van der Waals surface area contributed by atoms with E-state index in [1.807, 2.05) is 60.7 Å². The van der Waals surface area contributed by atoms with Gasteiger partial charge in [0.2, 0.25) is 10.0 Å². The number of rotatable bonds is 7. The zero-order valence-corrected chi connectivity index (χ0v) is 20.2. The maximum atomic E-state index is 12.3. The number of nitrogens with zero attached hydrogens (tertiary/aromatic N) is 1. The molecule has 3 aromatic carbocycles. The van der Waals surface area contributed by atoms with E-state index >= 15 is 0 Å². The van der Waals surface area contributed by atoms with Crippen LogP contribution in [-0.4, -0.2) is 40.0 Å². The number of ether oxygens (including phenoxy) is 1. The summed E-state index contributed by atoms with van der Waals surface area (Å²) in [5.74, 6) is 0.244. The minimum Gasteiger partial charge on any atom is -0.449 e. The van der Waals surface area contributed by atoms with Crippen LogP contribution < -0.4 is 9.62 Å². The predicted octanol–water partition coefficient (Wildman–Crippen LogP) is 5.17. The Kier molecular flexibility index (Phi) is 6.59. The van der Waals surface area contributed by atoms with E-state index in [1.54, 1.807) is 0 Å². The quantitative estimate of drug-likeness (QED) is 0.466. The van der Waals surface area contributed by atoms with Crippen molar-refractivity contribution in [2.45, 2.75) is 18.8 Å². The molecule has 1 N–H and O–H groups in total. The number of benzene rings is 3. The number of nitrogens with one attached hydrogen (secondary N) is 1. The van der Waals surface area contributed by atoms with Crippen LogP contribution in [0, 0.1) is 0 Å². The summed E-state index contributed by atoms with van der Waals surface area (Å²) in [5, 5.41) is 2.81. The van der Waals surface area contributed by atoms with E-state index in [4.69, 9.17) is 4.74 Å². The van der Waals surface area contributed by atoms with Gasteiger partial charge in [0.05, 0.1) is 11.4 Å². The molecule has 0 spiro atoms. The second-order valence-corrected chi connectivity index (χ2v) is 10.8. The van der Waals surface area contributed by atoms with Gasteiger partial charge in [-0.3, -0.25) is 4.31 Å². The molecule has 7 heteroatoms. The molecule has 1 aliphatic heterocycles. The molecule has 1 amide bonds. The minimum absolute atomic E-state index is 0.0414. The van der Waals surface area contributed by atoms with Gasteiger partial charge in [0.25, 0.3) is 0 Å². The molecule has 5 rings (SSSR count). The van der Waals surface area contributed by atoms with Gasteiger partial charge in [-0.25, -0.2) is 13.2 Å². The molecule has 1 heterocycles. The number of fused-ring (bicyclic) bond motifs is 3. The first-order valence-electron chi connectivity index (χ1n) is 11.9. The molecule has 180 valence electrons. The zero-order chi connectivity index (χ0) is 24.3. The fraction of sp³-hybridized carbons (Fsp3) is 0.250. The largest absolute Gasteiger partial charge is 0.449 e. The van der Waals surface area contributed by atoms with Crippen molar-refractivity contribution in [2.24, 2.45) is 0 Å². The van der Waals surface area contributed by atoms with E-state index in [2.05, 4.69) is 29.6 Å². The van der Waals surface area contributed by atoms with Crippen LogP contribution in [0.4, 0.5) is 10.5 Å². The van der Waals surface area contributed by atoms with Crippen molar-refractivity contribution in [2.75, 3.05) is 29.8 Å². The maximum Gasteiger partial charge on any atom is 0.407 e. The van der Waals surface area contributed by atoms with E-state index in [9.17, 15) is 13.2 Å². The molecule has 35 heavy (non-hydrogen) atoms. The monoisotopic (exact) mass is 488 g/mol. The van der Waals surface area contributed by atoms with Crippen molar-refractivity contribution in [1.29, 1.82) is 0 Å². The average molecular weight is 489 g/mol. The number of sulfonamides is 1. The number of alkyl carbamates (subject to hydrolysis) is 1. The van der Waals surface area contributed by atoms with Gasteiger partial charge in [0.1, 0.15) is 6.61 Å². The molecule has 0 bridgehead atoms. The second-order valence-electron chi connectivity index (χ2n) is 8.78. The molecule has 1 fully saturated rings. The van der Waals surface area contributed by atoms with Crippen molar-refractivity contribution in [3.8, 4) is 11.1 Å². The summed E-state index contributed by atoms with van der Waals surface area (Å²) in [4.78, 5) is 12.3. The van der Waals surface area contributed by atoms with E-state index in [1.165, 1.54) is 26.6 Å². The molecule has 0 atom stereocenters. The lowest BCUT2D eigenvalue weighted by Gasteiger charge is -2.17. The van der Waals surface area contributed by atoms with Gasteiger partial charge in [0.15, 0.2) is 0 Å². The van der Waals surface area contributed by atoms with Crippen molar-refractivity contribution >= 4 is 27.9 Å². The van der Waals surface area contributed by atoms with E-state index in [0.717, 1.165) is 5.56 Å². The third-order valence-corrected chi connectivity index (χ3v) is 8.36. The highest BCUT2D eigenvalue weighted by atomic mass is 32.2. The van der Waals surface area contributed by atoms with Gasteiger partial charge in [-0.1, -0.05) is 72.8 Å². The molecule has 2 aliphatic rings. The lowest BCUT2D eigenvalue weighted by Crippen LogP contribution is -2.26. The van der Waals surface area contributed by atoms with Crippen LogP contribution in [0.25, 0.3) is 17.2 Å². The summed E-state index contributed by atoms with van der Waals surface area (Å²) in [5.41, 5.74) is 6.40. The minimum atomic E-state index is -3.19. The summed E-state index contributed by atoms with van der Waals surface area (Å²) < 4.78 is 31.3. The Bertz CT molecular complexity index is 1320. The van der Waals surface area contributed by atoms with Crippen LogP contribution in [0.1, 0.15) is 35.4 Å². The van der Waals surface area contributed by atoms with E-state index in [0.29, 0.717) is 38.2 Å². The maximum absolute atomic E-state index is 12.3. The van der Waals surface area contributed by atoms with Gasteiger partial charge in [-0.05, 0) is 52.8 Å². The number of hydrogen-bond acceptors (Lipinski definition) is 4. The smallest absolute Gasteiger partial charge is 0.407 e. The summed E-state index contributed by atoms with van der Waals surface area (Å²) >= 11 is 0. The van der Waals surface area contributed by atoms with Crippen LogP contribution >= 0.6 is 0 Å². The molecule has 1 aliphatic carbocycles. The number of hydrogen-bond donors (Lipinski definition) is 1. The number of anilines is 1. The molecule has 6 nitrogen and oxygen atoms in total. The second kappa shape index (κ2) is 9.96. The van der Waals surface area contributed by atoms with Crippen LogP contribution in [0.15, 0.2) is 78.9 Å². The van der Waals surface area contributed by atoms with Crippen molar-refractivity contribution in [3.63, 3.8) is 0 Å². The Morgan fingerprint density at radius 2 is 1.71 bits per heavy atom. The highest BCUT2D eigenvalue weighted by molar-refractivity contribution is 7.93. The normalized spacial score (nSPS) is 16.3. The highest BCUT2D eigenvalue weighted by Crippen LogP contribution is 2.44. The van der Waals surface area contributed by atoms with Crippen molar-refractivity contribution < 1.29 is 17.9 Å². The van der Waals surface area contributed by atoms with Crippen molar-refractivity contribution in [3.05, 3.63) is 95.6 Å².